The van der Waals surface area contributed by atoms with Crippen LogP contribution in [-0.2, 0) is 16.4 Å². The number of benzene rings is 1. The average molecular weight is 376 g/mol. The van der Waals surface area contributed by atoms with E-state index in [0.29, 0.717) is 36.1 Å². The van der Waals surface area contributed by atoms with Crippen LogP contribution in [0.4, 0.5) is 5.82 Å². The minimum Gasteiger partial charge on any atom is -0.472 e. The Hall–Kier alpha value is -2.19. The lowest BCUT2D eigenvalue weighted by atomic mass is 10.2. The summed E-state index contributed by atoms with van der Waals surface area (Å²) in [6, 6.07) is 7.07. The van der Waals surface area contributed by atoms with Gasteiger partial charge in [0.05, 0.1) is 23.8 Å². The van der Waals surface area contributed by atoms with Gasteiger partial charge in [-0.25, -0.2) is 8.42 Å². The molecule has 8 heteroatoms. The third-order valence-electron chi connectivity index (χ3n) is 4.42. The van der Waals surface area contributed by atoms with E-state index in [0.717, 1.165) is 12.0 Å². The predicted octanol–water partition coefficient (Wildman–Crippen LogP) is 1.95. The summed E-state index contributed by atoms with van der Waals surface area (Å²) >= 11 is 0. The third kappa shape index (κ3) is 3.96. The highest BCUT2D eigenvalue weighted by atomic mass is 32.2. The highest BCUT2D eigenvalue weighted by molar-refractivity contribution is 7.89. The van der Waals surface area contributed by atoms with Crippen molar-refractivity contribution in [3.05, 3.63) is 42.2 Å². The van der Waals surface area contributed by atoms with Gasteiger partial charge in [0, 0.05) is 20.6 Å². The second-order valence-corrected chi connectivity index (χ2v) is 8.44. The zero-order chi connectivity index (χ0) is 18.7. The van der Waals surface area contributed by atoms with Gasteiger partial charge in [-0.1, -0.05) is 19.1 Å². The summed E-state index contributed by atoms with van der Waals surface area (Å²) in [6.45, 7) is 2.79. The van der Waals surface area contributed by atoms with Crippen molar-refractivity contribution in [3.8, 4) is 5.88 Å². The van der Waals surface area contributed by atoms with E-state index in [1.54, 1.807) is 24.5 Å². The van der Waals surface area contributed by atoms with Crippen molar-refractivity contribution >= 4 is 15.8 Å². The first-order valence-electron chi connectivity index (χ1n) is 8.65. The number of hydrogen-bond donors (Lipinski definition) is 0. The molecule has 0 N–H and O–H groups in total. The Morgan fingerprint density at radius 3 is 2.62 bits per heavy atom. The number of nitrogens with zero attached hydrogens (tertiary/aromatic N) is 4. The first kappa shape index (κ1) is 18.6. The molecule has 1 aliphatic heterocycles. The average Bonchev–Trinajstić information content (AvgIpc) is 3.11. The number of sulfonamides is 1. The van der Waals surface area contributed by atoms with E-state index in [-0.39, 0.29) is 6.10 Å². The van der Waals surface area contributed by atoms with Crippen molar-refractivity contribution in [1.82, 2.24) is 14.3 Å². The van der Waals surface area contributed by atoms with Gasteiger partial charge in [0.1, 0.15) is 6.10 Å². The van der Waals surface area contributed by atoms with Crippen LogP contribution in [0.5, 0.6) is 5.88 Å². The van der Waals surface area contributed by atoms with Gasteiger partial charge in [-0.15, -0.1) is 0 Å². The molecule has 1 atom stereocenters. The lowest BCUT2D eigenvalue weighted by molar-refractivity contribution is 0.206. The van der Waals surface area contributed by atoms with E-state index in [1.165, 1.54) is 4.31 Å². The zero-order valence-electron chi connectivity index (χ0n) is 15.3. The molecule has 3 rings (SSSR count). The first-order valence-corrected chi connectivity index (χ1v) is 10.1. The van der Waals surface area contributed by atoms with Crippen LogP contribution < -0.4 is 9.64 Å². The maximum absolute atomic E-state index is 12.8. The lowest BCUT2D eigenvalue weighted by Gasteiger charge is -2.18. The van der Waals surface area contributed by atoms with Crippen LogP contribution in [0.3, 0.4) is 0 Å². The summed E-state index contributed by atoms with van der Waals surface area (Å²) in [7, 11) is 0.252. The van der Waals surface area contributed by atoms with Gasteiger partial charge in [0.25, 0.3) is 0 Å². The number of ether oxygens (including phenoxy) is 1. The maximum Gasteiger partial charge on any atom is 0.243 e. The number of aryl methyl sites for hydroxylation is 1. The van der Waals surface area contributed by atoms with Gasteiger partial charge in [0.15, 0.2) is 5.82 Å². The van der Waals surface area contributed by atoms with Gasteiger partial charge < -0.3 is 9.64 Å². The normalized spacial score (nSPS) is 18.0. The largest absolute Gasteiger partial charge is 0.472 e. The van der Waals surface area contributed by atoms with E-state index in [4.69, 9.17) is 4.74 Å². The molecule has 1 fully saturated rings. The van der Waals surface area contributed by atoms with Gasteiger partial charge >= 0.3 is 0 Å². The summed E-state index contributed by atoms with van der Waals surface area (Å²) in [6.07, 6.45) is 4.48. The summed E-state index contributed by atoms with van der Waals surface area (Å²) in [5, 5.41) is 0. The Bertz CT molecular complexity index is 853. The number of aromatic nitrogens is 2. The molecule has 0 amide bonds. The van der Waals surface area contributed by atoms with Gasteiger partial charge in [0.2, 0.25) is 15.9 Å². The van der Waals surface area contributed by atoms with Crippen molar-refractivity contribution < 1.29 is 13.2 Å². The molecular weight excluding hydrogens is 352 g/mol. The van der Waals surface area contributed by atoms with Crippen LogP contribution >= 0.6 is 0 Å². The van der Waals surface area contributed by atoms with Crippen molar-refractivity contribution in [2.24, 2.45) is 0 Å². The minimum absolute atomic E-state index is 0.230. The molecule has 1 aromatic carbocycles. The standard InChI is InChI=1S/C18H24N4O3S/c1-4-14-5-7-16(8-6-14)26(23,24)22-10-9-15(13-22)25-18-12-19-11-17(20-18)21(2)3/h5-8,11-12,15H,4,9-10,13H2,1-3H3. The monoisotopic (exact) mass is 376 g/mol. The Morgan fingerprint density at radius 1 is 1.23 bits per heavy atom. The molecule has 1 aromatic heterocycles. The quantitative estimate of drug-likeness (QED) is 0.767. The highest BCUT2D eigenvalue weighted by Crippen LogP contribution is 2.24. The SMILES string of the molecule is CCc1ccc(S(=O)(=O)N2CCC(Oc3cncc(N(C)C)n3)C2)cc1. The molecule has 0 radical (unpaired) electrons. The van der Waals surface area contributed by atoms with Gasteiger partial charge in [-0.3, -0.25) is 4.98 Å². The van der Waals surface area contributed by atoms with Crippen LogP contribution in [-0.4, -0.2) is 56.0 Å². The second kappa shape index (κ2) is 7.59. The topological polar surface area (TPSA) is 75.6 Å². The van der Waals surface area contributed by atoms with Crippen LogP contribution in [0, 0.1) is 0 Å². The van der Waals surface area contributed by atoms with E-state index >= 15 is 0 Å². The molecule has 0 spiro atoms. The fourth-order valence-corrected chi connectivity index (χ4v) is 4.33. The zero-order valence-corrected chi connectivity index (χ0v) is 16.1. The van der Waals surface area contributed by atoms with Crippen molar-refractivity contribution in [2.75, 3.05) is 32.1 Å². The predicted molar refractivity (Wildman–Crippen MR) is 100.0 cm³/mol. The molecule has 1 saturated heterocycles. The van der Waals surface area contributed by atoms with Crippen LogP contribution in [0.25, 0.3) is 0 Å². The lowest BCUT2D eigenvalue weighted by Crippen LogP contribution is -2.31. The van der Waals surface area contributed by atoms with E-state index in [1.807, 2.05) is 38.1 Å². The van der Waals surface area contributed by atoms with E-state index in [2.05, 4.69) is 9.97 Å². The molecule has 0 bridgehead atoms. The Kier molecular flexibility index (Phi) is 5.43. The number of anilines is 1. The molecule has 1 unspecified atom stereocenters. The maximum atomic E-state index is 12.8. The first-order chi connectivity index (χ1) is 12.4. The summed E-state index contributed by atoms with van der Waals surface area (Å²) in [5.41, 5.74) is 1.12. The molecule has 0 saturated carbocycles. The number of rotatable bonds is 6. The molecule has 140 valence electrons. The smallest absolute Gasteiger partial charge is 0.243 e. The molecule has 0 aliphatic carbocycles. The Labute approximate surface area is 154 Å². The fourth-order valence-electron chi connectivity index (χ4n) is 2.84. The molecule has 2 aromatic rings. The summed E-state index contributed by atoms with van der Waals surface area (Å²) in [5.74, 6) is 1.11. The minimum atomic E-state index is -3.50. The second-order valence-electron chi connectivity index (χ2n) is 6.50. The van der Waals surface area contributed by atoms with Crippen molar-refractivity contribution in [2.45, 2.75) is 30.8 Å². The molecule has 26 heavy (non-hydrogen) atoms. The number of hydrogen-bond acceptors (Lipinski definition) is 6. The van der Waals surface area contributed by atoms with Gasteiger partial charge in [-0.05, 0) is 30.5 Å². The molecule has 7 nitrogen and oxygen atoms in total. The summed E-state index contributed by atoms with van der Waals surface area (Å²) in [4.78, 5) is 10.7. The van der Waals surface area contributed by atoms with Crippen LogP contribution in [0.1, 0.15) is 18.9 Å². The molecular formula is C18H24N4O3S. The van der Waals surface area contributed by atoms with Crippen LogP contribution in [0.15, 0.2) is 41.6 Å². The third-order valence-corrected chi connectivity index (χ3v) is 6.30. The Morgan fingerprint density at radius 2 is 1.96 bits per heavy atom. The Balaban J connectivity index is 1.68. The van der Waals surface area contributed by atoms with E-state index in [9.17, 15) is 8.42 Å². The van der Waals surface area contributed by atoms with Gasteiger partial charge in [-0.2, -0.15) is 9.29 Å². The summed E-state index contributed by atoms with van der Waals surface area (Å²) < 4.78 is 33.0. The molecule has 2 heterocycles. The molecule has 1 aliphatic rings. The highest BCUT2D eigenvalue weighted by Gasteiger charge is 2.33. The van der Waals surface area contributed by atoms with Crippen molar-refractivity contribution in [1.29, 1.82) is 0 Å². The van der Waals surface area contributed by atoms with E-state index < -0.39 is 10.0 Å². The fraction of sp³-hybridized carbons (Fsp3) is 0.444. The van der Waals surface area contributed by atoms with Crippen LogP contribution in [0.2, 0.25) is 0 Å². The van der Waals surface area contributed by atoms with Crippen molar-refractivity contribution in [3.63, 3.8) is 0 Å².